The molecule has 0 spiro atoms. The van der Waals surface area contributed by atoms with E-state index in [1.165, 1.54) is 0 Å². The van der Waals surface area contributed by atoms with Crippen molar-refractivity contribution in [1.29, 1.82) is 0 Å². The summed E-state index contributed by atoms with van der Waals surface area (Å²) in [5.74, 6) is -0.994. The van der Waals surface area contributed by atoms with Crippen LogP contribution in [0.25, 0.3) is 0 Å². The fourth-order valence-electron chi connectivity index (χ4n) is 1.60. The van der Waals surface area contributed by atoms with Gasteiger partial charge in [-0.2, -0.15) is 0 Å². The number of hydrogen-bond donors (Lipinski definition) is 2. The number of amides is 1. The summed E-state index contributed by atoms with van der Waals surface area (Å²) in [5, 5.41) is 11.5. The van der Waals surface area contributed by atoms with Crippen molar-refractivity contribution in [3.8, 4) is 0 Å². The van der Waals surface area contributed by atoms with Crippen LogP contribution in [0.4, 0.5) is 4.79 Å². The highest BCUT2D eigenvalue weighted by Gasteiger charge is 2.22. The molecule has 0 unspecified atom stereocenters. The number of nitrogens with one attached hydrogen (secondary N) is 1. The Kier molecular flexibility index (Phi) is 5.56. The molecule has 2 N–H and O–H groups in total. The summed E-state index contributed by atoms with van der Waals surface area (Å²) in [7, 11) is 0. The minimum Gasteiger partial charge on any atom is -0.481 e. The first-order valence-electron chi connectivity index (χ1n) is 6.14. The van der Waals surface area contributed by atoms with Crippen LogP contribution >= 0.6 is 15.9 Å². The van der Waals surface area contributed by atoms with Crippen molar-refractivity contribution in [2.75, 3.05) is 0 Å². The standard InChI is InChI=1S/C14H18BrNO4/c1-14(2,3)20-13(19)16-11(8-12(17)18)9-5-4-6-10(15)7-9/h4-7,11H,8H2,1-3H3,(H,16,19)(H,17,18)/t11-/m0/s1. The first kappa shape index (κ1) is 16.5. The number of carboxylic acid groups (broad SMARTS) is 1. The molecule has 0 aliphatic carbocycles. The number of benzene rings is 1. The van der Waals surface area contributed by atoms with Gasteiger partial charge in [0, 0.05) is 4.47 Å². The van der Waals surface area contributed by atoms with Crippen molar-refractivity contribution >= 4 is 28.0 Å². The van der Waals surface area contributed by atoms with E-state index < -0.39 is 23.7 Å². The minimum absolute atomic E-state index is 0.213. The van der Waals surface area contributed by atoms with Crippen molar-refractivity contribution in [2.45, 2.75) is 38.8 Å². The van der Waals surface area contributed by atoms with Crippen LogP contribution < -0.4 is 5.32 Å². The minimum atomic E-state index is -0.994. The van der Waals surface area contributed by atoms with Gasteiger partial charge in [-0.3, -0.25) is 4.79 Å². The Hall–Kier alpha value is -1.56. The lowest BCUT2D eigenvalue weighted by Crippen LogP contribution is -2.35. The number of ether oxygens (including phenoxy) is 1. The van der Waals surface area contributed by atoms with Crippen LogP contribution in [0.3, 0.4) is 0 Å². The zero-order valence-corrected chi connectivity index (χ0v) is 13.2. The molecule has 1 amide bonds. The molecule has 0 radical (unpaired) electrons. The van der Waals surface area contributed by atoms with Crippen LogP contribution in [0, 0.1) is 0 Å². The van der Waals surface area contributed by atoms with Crippen LogP contribution in [-0.2, 0) is 9.53 Å². The lowest BCUT2D eigenvalue weighted by atomic mass is 10.0. The van der Waals surface area contributed by atoms with Gasteiger partial charge in [0.2, 0.25) is 0 Å². The summed E-state index contributed by atoms with van der Waals surface area (Å²) in [4.78, 5) is 22.7. The summed E-state index contributed by atoms with van der Waals surface area (Å²) in [5.41, 5.74) is 0.0717. The van der Waals surface area contributed by atoms with Gasteiger partial charge in [0.25, 0.3) is 0 Å². The van der Waals surface area contributed by atoms with Crippen LogP contribution in [-0.4, -0.2) is 22.8 Å². The molecule has 1 aromatic carbocycles. The van der Waals surface area contributed by atoms with E-state index in [9.17, 15) is 9.59 Å². The van der Waals surface area contributed by atoms with Gasteiger partial charge >= 0.3 is 12.1 Å². The Morgan fingerprint density at radius 2 is 2.05 bits per heavy atom. The summed E-state index contributed by atoms with van der Waals surface area (Å²) in [6.07, 6.45) is -0.848. The molecule has 0 bridgehead atoms. The first-order chi connectivity index (χ1) is 9.17. The van der Waals surface area contributed by atoms with Gasteiger partial charge in [-0.1, -0.05) is 28.1 Å². The molecule has 110 valence electrons. The molecular formula is C14H18BrNO4. The molecule has 0 aliphatic rings. The third-order valence-corrected chi connectivity index (χ3v) is 2.81. The lowest BCUT2D eigenvalue weighted by Gasteiger charge is -2.23. The molecular weight excluding hydrogens is 326 g/mol. The second-order valence-electron chi connectivity index (χ2n) is 5.35. The molecule has 0 aliphatic heterocycles. The number of alkyl carbamates (subject to hydrolysis) is 1. The summed E-state index contributed by atoms with van der Waals surface area (Å²) >= 11 is 3.32. The fourth-order valence-corrected chi connectivity index (χ4v) is 2.02. The van der Waals surface area contributed by atoms with Crippen LogP contribution in [0.5, 0.6) is 0 Å². The van der Waals surface area contributed by atoms with Gasteiger partial charge in [0.15, 0.2) is 0 Å². The number of halogens is 1. The molecule has 1 atom stereocenters. The molecule has 0 aromatic heterocycles. The lowest BCUT2D eigenvalue weighted by molar-refractivity contribution is -0.137. The Morgan fingerprint density at radius 3 is 2.55 bits per heavy atom. The average Bonchev–Trinajstić information content (AvgIpc) is 2.24. The Bertz CT molecular complexity index is 496. The van der Waals surface area contributed by atoms with Crippen LogP contribution in [0.15, 0.2) is 28.7 Å². The van der Waals surface area contributed by atoms with Crippen molar-refractivity contribution in [3.05, 3.63) is 34.3 Å². The predicted molar refractivity (Wildman–Crippen MR) is 78.5 cm³/mol. The third kappa shape index (κ3) is 6.06. The second kappa shape index (κ2) is 6.74. The molecule has 1 rings (SSSR count). The van der Waals surface area contributed by atoms with Gasteiger partial charge < -0.3 is 15.2 Å². The molecule has 0 saturated carbocycles. The fraction of sp³-hybridized carbons (Fsp3) is 0.429. The molecule has 1 aromatic rings. The zero-order valence-electron chi connectivity index (χ0n) is 11.6. The van der Waals surface area contributed by atoms with E-state index in [1.807, 2.05) is 6.07 Å². The average molecular weight is 344 g/mol. The van der Waals surface area contributed by atoms with Crippen molar-refractivity contribution in [1.82, 2.24) is 5.32 Å². The quantitative estimate of drug-likeness (QED) is 0.877. The summed E-state index contributed by atoms with van der Waals surface area (Å²) < 4.78 is 5.96. The first-order valence-corrected chi connectivity index (χ1v) is 6.93. The second-order valence-corrected chi connectivity index (χ2v) is 6.27. The molecule has 6 heteroatoms. The number of carboxylic acids is 1. The summed E-state index contributed by atoms with van der Waals surface area (Å²) in [6, 6.07) is 6.50. The zero-order chi connectivity index (χ0) is 15.3. The van der Waals surface area contributed by atoms with Crippen molar-refractivity contribution in [2.24, 2.45) is 0 Å². The van der Waals surface area contributed by atoms with Crippen LogP contribution in [0.1, 0.15) is 38.8 Å². The molecule has 20 heavy (non-hydrogen) atoms. The molecule has 0 fully saturated rings. The number of rotatable bonds is 4. The molecule has 0 heterocycles. The number of aliphatic carboxylic acids is 1. The van der Waals surface area contributed by atoms with E-state index >= 15 is 0 Å². The van der Waals surface area contributed by atoms with Gasteiger partial charge in [-0.25, -0.2) is 4.79 Å². The van der Waals surface area contributed by atoms with Crippen molar-refractivity contribution < 1.29 is 19.4 Å². The maximum atomic E-state index is 11.8. The highest BCUT2D eigenvalue weighted by Crippen LogP contribution is 2.21. The van der Waals surface area contributed by atoms with E-state index in [4.69, 9.17) is 9.84 Å². The van der Waals surface area contributed by atoms with E-state index in [-0.39, 0.29) is 6.42 Å². The molecule has 5 nitrogen and oxygen atoms in total. The molecule has 0 saturated heterocycles. The van der Waals surface area contributed by atoms with Crippen LogP contribution in [0.2, 0.25) is 0 Å². The Labute approximate surface area is 126 Å². The largest absolute Gasteiger partial charge is 0.481 e. The van der Waals surface area contributed by atoms with E-state index in [0.717, 1.165) is 4.47 Å². The number of carbonyl (C=O) groups is 2. The van der Waals surface area contributed by atoms with E-state index in [0.29, 0.717) is 5.56 Å². The highest BCUT2D eigenvalue weighted by atomic mass is 79.9. The highest BCUT2D eigenvalue weighted by molar-refractivity contribution is 9.10. The normalized spacial score (nSPS) is 12.6. The van der Waals surface area contributed by atoms with E-state index in [2.05, 4.69) is 21.2 Å². The number of hydrogen-bond acceptors (Lipinski definition) is 3. The smallest absolute Gasteiger partial charge is 0.408 e. The SMILES string of the molecule is CC(C)(C)OC(=O)N[C@@H](CC(=O)O)c1cccc(Br)c1. The maximum absolute atomic E-state index is 11.8. The van der Waals surface area contributed by atoms with E-state index in [1.54, 1.807) is 39.0 Å². The maximum Gasteiger partial charge on any atom is 0.408 e. The Morgan fingerprint density at radius 1 is 1.40 bits per heavy atom. The summed E-state index contributed by atoms with van der Waals surface area (Å²) in [6.45, 7) is 5.24. The Balaban J connectivity index is 2.85. The topological polar surface area (TPSA) is 75.6 Å². The van der Waals surface area contributed by atoms with Gasteiger partial charge in [-0.15, -0.1) is 0 Å². The predicted octanol–water partition coefficient (Wildman–Crippen LogP) is 3.49. The monoisotopic (exact) mass is 343 g/mol. The van der Waals surface area contributed by atoms with Gasteiger partial charge in [0.1, 0.15) is 5.60 Å². The number of carbonyl (C=O) groups excluding carboxylic acids is 1. The van der Waals surface area contributed by atoms with Crippen molar-refractivity contribution in [3.63, 3.8) is 0 Å². The van der Waals surface area contributed by atoms with Gasteiger partial charge in [-0.05, 0) is 38.5 Å². The third-order valence-electron chi connectivity index (χ3n) is 2.32. The van der Waals surface area contributed by atoms with Gasteiger partial charge in [0.05, 0.1) is 12.5 Å².